The number of carbonyl (C=O) groups is 1. The molecule has 0 heterocycles. The standard InChI is InChI=1S/C16H24BrNO2/c1-11(2)8-15(10-19)18-16(20)9-12(3)13-4-6-14(17)7-5-13/h4-7,11-12,15,19H,8-10H2,1-3H3,(H,18,20). The van der Waals surface area contributed by atoms with Crippen LogP contribution in [0.3, 0.4) is 0 Å². The smallest absolute Gasteiger partial charge is 0.220 e. The predicted molar refractivity (Wildman–Crippen MR) is 85.6 cm³/mol. The van der Waals surface area contributed by atoms with E-state index in [9.17, 15) is 9.90 Å². The van der Waals surface area contributed by atoms with E-state index < -0.39 is 0 Å². The molecule has 1 rings (SSSR count). The highest BCUT2D eigenvalue weighted by Crippen LogP contribution is 2.21. The first-order valence-corrected chi connectivity index (χ1v) is 7.87. The molecule has 112 valence electrons. The monoisotopic (exact) mass is 341 g/mol. The number of halogens is 1. The third-order valence-electron chi connectivity index (χ3n) is 3.27. The second-order valence-electron chi connectivity index (χ2n) is 5.73. The van der Waals surface area contributed by atoms with Gasteiger partial charge in [-0.1, -0.05) is 48.8 Å². The summed E-state index contributed by atoms with van der Waals surface area (Å²) in [5.41, 5.74) is 1.15. The molecule has 3 nitrogen and oxygen atoms in total. The van der Waals surface area contributed by atoms with E-state index in [0.29, 0.717) is 12.3 Å². The minimum atomic E-state index is -0.139. The molecule has 0 aliphatic rings. The Labute approximate surface area is 129 Å². The molecule has 2 atom stereocenters. The summed E-state index contributed by atoms with van der Waals surface area (Å²) in [4.78, 5) is 12.0. The van der Waals surface area contributed by atoms with Crippen LogP contribution in [0.25, 0.3) is 0 Å². The molecule has 0 saturated heterocycles. The van der Waals surface area contributed by atoms with Crippen molar-refractivity contribution in [1.29, 1.82) is 0 Å². The normalized spacial score (nSPS) is 14.1. The van der Waals surface area contributed by atoms with Crippen LogP contribution in [0, 0.1) is 5.92 Å². The highest BCUT2D eigenvalue weighted by Gasteiger charge is 2.16. The fraction of sp³-hybridized carbons (Fsp3) is 0.562. The molecule has 1 amide bonds. The van der Waals surface area contributed by atoms with Crippen LogP contribution in [0.1, 0.15) is 45.1 Å². The fourth-order valence-electron chi connectivity index (χ4n) is 2.22. The molecule has 2 unspecified atom stereocenters. The number of rotatable bonds is 7. The number of carbonyl (C=O) groups excluding carboxylic acids is 1. The van der Waals surface area contributed by atoms with Gasteiger partial charge in [-0.3, -0.25) is 4.79 Å². The Kier molecular flexibility index (Phi) is 7.24. The quantitative estimate of drug-likeness (QED) is 0.797. The van der Waals surface area contributed by atoms with E-state index in [1.165, 1.54) is 0 Å². The van der Waals surface area contributed by atoms with Gasteiger partial charge < -0.3 is 10.4 Å². The van der Waals surface area contributed by atoms with Crippen molar-refractivity contribution in [2.75, 3.05) is 6.61 Å². The topological polar surface area (TPSA) is 49.3 Å². The molecule has 1 aromatic rings. The molecule has 1 aromatic carbocycles. The van der Waals surface area contributed by atoms with Gasteiger partial charge >= 0.3 is 0 Å². The van der Waals surface area contributed by atoms with Gasteiger partial charge in [-0.2, -0.15) is 0 Å². The van der Waals surface area contributed by atoms with Crippen molar-refractivity contribution in [3.63, 3.8) is 0 Å². The lowest BCUT2D eigenvalue weighted by Crippen LogP contribution is -2.38. The molecule has 0 aliphatic carbocycles. The zero-order valence-electron chi connectivity index (χ0n) is 12.4. The van der Waals surface area contributed by atoms with Crippen LogP contribution in [0.15, 0.2) is 28.7 Å². The summed E-state index contributed by atoms with van der Waals surface area (Å²) in [7, 11) is 0. The van der Waals surface area contributed by atoms with Gasteiger partial charge in [0.1, 0.15) is 0 Å². The maximum absolute atomic E-state index is 12.0. The van der Waals surface area contributed by atoms with Crippen LogP contribution < -0.4 is 5.32 Å². The van der Waals surface area contributed by atoms with E-state index in [4.69, 9.17) is 0 Å². The minimum Gasteiger partial charge on any atom is -0.394 e. The van der Waals surface area contributed by atoms with Gasteiger partial charge in [-0.05, 0) is 36.0 Å². The van der Waals surface area contributed by atoms with Crippen molar-refractivity contribution < 1.29 is 9.90 Å². The molecule has 0 saturated carbocycles. The van der Waals surface area contributed by atoms with Crippen LogP contribution in [0.4, 0.5) is 0 Å². The van der Waals surface area contributed by atoms with Crippen LogP contribution >= 0.6 is 15.9 Å². The van der Waals surface area contributed by atoms with Gasteiger partial charge in [0.25, 0.3) is 0 Å². The van der Waals surface area contributed by atoms with E-state index in [1.807, 2.05) is 31.2 Å². The first-order valence-electron chi connectivity index (χ1n) is 7.08. The number of nitrogens with one attached hydrogen (secondary N) is 1. The van der Waals surface area contributed by atoms with E-state index in [1.54, 1.807) is 0 Å². The van der Waals surface area contributed by atoms with Crippen molar-refractivity contribution >= 4 is 21.8 Å². The Hall–Kier alpha value is -0.870. The largest absolute Gasteiger partial charge is 0.394 e. The van der Waals surface area contributed by atoms with Crippen molar-refractivity contribution in [2.45, 2.75) is 45.6 Å². The van der Waals surface area contributed by atoms with E-state index in [-0.39, 0.29) is 24.5 Å². The summed E-state index contributed by atoms with van der Waals surface area (Å²) >= 11 is 3.40. The molecule has 0 aromatic heterocycles. The molecule has 0 spiro atoms. The Morgan fingerprint density at radius 1 is 1.25 bits per heavy atom. The SMILES string of the molecule is CC(C)CC(CO)NC(=O)CC(C)c1ccc(Br)cc1. The third kappa shape index (κ3) is 6.06. The molecular weight excluding hydrogens is 318 g/mol. The second-order valence-corrected chi connectivity index (χ2v) is 6.65. The van der Waals surface area contributed by atoms with Crippen LogP contribution in [-0.4, -0.2) is 23.7 Å². The van der Waals surface area contributed by atoms with Crippen molar-refractivity contribution in [2.24, 2.45) is 5.92 Å². The van der Waals surface area contributed by atoms with Crippen molar-refractivity contribution in [3.8, 4) is 0 Å². The maximum Gasteiger partial charge on any atom is 0.220 e. The molecule has 2 N–H and O–H groups in total. The molecule has 4 heteroatoms. The summed E-state index contributed by atoms with van der Waals surface area (Å²) in [6, 6.07) is 7.89. The number of aliphatic hydroxyl groups is 1. The van der Waals surface area contributed by atoms with E-state index in [0.717, 1.165) is 16.5 Å². The average Bonchev–Trinajstić information content (AvgIpc) is 2.37. The molecule has 0 aliphatic heterocycles. The van der Waals surface area contributed by atoms with E-state index in [2.05, 4.69) is 35.1 Å². The Balaban J connectivity index is 2.50. The summed E-state index contributed by atoms with van der Waals surface area (Å²) < 4.78 is 1.04. The summed E-state index contributed by atoms with van der Waals surface area (Å²) in [6.07, 6.45) is 1.24. The minimum absolute atomic E-state index is 0.000110. The highest BCUT2D eigenvalue weighted by molar-refractivity contribution is 9.10. The predicted octanol–water partition coefficient (Wildman–Crippen LogP) is 3.47. The number of hydrogen-bond acceptors (Lipinski definition) is 2. The van der Waals surface area contributed by atoms with Crippen LogP contribution in [0.2, 0.25) is 0 Å². The number of benzene rings is 1. The summed E-state index contributed by atoms with van der Waals surface area (Å²) in [5, 5.41) is 12.2. The number of hydrogen-bond donors (Lipinski definition) is 2. The molecular formula is C16H24BrNO2. The molecule has 20 heavy (non-hydrogen) atoms. The lowest BCUT2D eigenvalue weighted by molar-refractivity contribution is -0.122. The number of aliphatic hydroxyl groups excluding tert-OH is 1. The third-order valence-corrected chi connectivity index (χ3v) is 3.80. The molecule has 0 bridgehead atoms. The average molecular weight is 342 g/mol. The van der Waals surface area contributed by atoms with Crippen molar-refractivity contribution in [1.82, 2.24) is 5.32 Å². The first-order chi connectivity index (χ1) is 9.42. The van der Waals surface area contributed by atoms with Crippen LogP contribution in [-0.2, 0) is 4.79 Å². The van der Waals surface area contributed by atoms with Gasteiger partial charge in [0.2, 0.25) is 5.91 Å². The first kappa shape index (κ1) is 17.2. The van der Waals surface area contributed by atoms with Gasteiger partial charge in [0, 0.05) is 10.9 Å². The summed E-state index contributed by atoms with van der Waals surface area (Å²) in [6.45, 7) is 6.20. The molecule has 0 radical (unpaired) electrons. The summed E-state index contributed by atoms with van der Waals surface area (Å²) in [5.74, 6) is 0.623. The van der Waals surface area contributed by atoms with Gasteiger partial charge in [0.05, 0.1) is 12.6 Å². The van der Waals surface area contributed by atoms with Crippen molar-refractivity contribution in [3.05, 3.63) is 34.3 Å². The Morgan fingerprint density at radius 3 is 2.35 bits per heavy atom. The second kappa shape index (κ2) is 8.42. The lowest BCUT2D eigenvalue weighted by atomic mass is 9.97. The Morgan fingerprint density at radius 2 is 1.85 bits per heavy atom. The maximum atomic E-state index is 12.0. The van der Waals surface area contributed by atoms with E-state index >= 15 is 0 Å². The van der Waals surface area contributed by atoms with Gasteiger partial charge in [0.15, 0.2) is 0 Å². The molecule has 0 fully saturated rings. The van der Waals surface area contributed by atoms with Crippen LogP contribution in [0.5, 0.6) is 0 Å². The zero-order valence-corrected chi connectivity index (χ0v) is 14.0. The van der Waals surface area contributed by atoms with Gasteiger partial charge in [-0.15, -0.1) is 0 Å². The lowest BCUT2D eigenvalue weighted by Gasteiger charge is -2.19. The van der Waals surface area contributed by atoms with Gasteiger partial charge in [-0.25, -0.2) is 0 Å². The zero-order chi connectivity index (χ0) is 15.1. The highest BCUT2D eigenvalue weighted by atomic mass is 79.9. The number of amides is 1. The Bertz CT molecular complexity index is 417. The fourth-order valence-corrected chi connectivity index (χ4v) is 2.49.